The van der Waals surface area contributed by atoms with E-state index in [0.717, 1.165) is 12.2 Å². The smallest absolute Gasteiger partial charge is 0.302 e. The van der Waals surface area contributed by atoms with Crippen LogP contribution in [0.25, 0.3) is 0 Å². The van der Waals surface area contributed by atoms with Crippen LogP contribution in [0.3, 0.4) is 0 Å². The molecule has 1 aromatic carbocycles. The highest BCUT2D eigenvalue weighted by Crippen LogP contribution is 2.15. The summed E-state index contributed by atoms with van der Waals surface area (Å²) < 4.78 is 65.2. The summed E-state index contributed by atoms with van der Waals surface area (Å²) in [7, 11) is 0. The molecule has 0 spiro atoms. The number of hydrogen-bond acceptors (Lipinski definition) is 13. The molecule has 0 fully saturated rings. The van der Waals surface area contributed by atoms with E-state index >= 15 is 0 Å². The summed E-state index contributed by atoms with van der Waals surface area (Å²) in [6, 6.07) is 8.44. The second-order valence-electron chi connectivity index (χ2n) is 11.8. The first-order valence-corrected chi connectivity index (χ1v) is 19.3. The van der Waals surface area contributed by atoms with Crippen LogP contribution < -0.4 is 4.74 Å². The zero-order valence-electron chi connectivity index (χ0n) is 32.3. The number of carbonyl (C=O) groups is 1. The van der Waals surface area contributed by atoms with Gasteiger partial charge in [-0.25, -0.2) is 0 Å². The van der Waals surface area contributed by atoms with Crippen LogP contribution in [-0.2, 0) is 63.3 Å². The molecular weight excluding hydrogens is 676 g/mol. The molecule has 13 heteroatoms. The Morgan fingerprint density at radius 3 is 1.06 bits per heavy atom. The van der Waals surface area contributed by atoms with Gasteiger partial charge in [0.15, 0.2) is 0 Å². The van der Waals surface area contributed by atoms with Crippen molar-refractivity contribution in [2.24, 2.45) is 0 Å². The number of carbonyl (C=O) groups excluding carboxylic acids is 1. The molecule has 0 radical (unpaired) electrons. The van der Waals surface area contributed by atoms with E-state index in [0.29, 0.717) is 139 Å². The quantitative estimate of drug-likeness (QED) is 0.0652. The number of unbranched alkanes of at least 4 members (excludes halogenated alkanes) is 6. The highest BCUT2D eigenvalue weighted by atomic mass is 16.6. The highest BCUT2D eigenvalue weighted by molar-refractivity contribution is 5.65. The van der Waals surface area contributed by atoms with Crippen LogP contribution in [0.2, 0.25) is 0 Å². The van der Waals surface area contributed by atoms with E-state index in [-0.39, 0.29) is 12.6 Å². The first-order valence-electron chi connectivity index (χ1n) is 19.3. The predicted molar refractivity (Wildman–Crippen MR) is 198 cm³/mol. The first-order chi connectivity index (χ1) is 25.7. The maximum atomic E-state index is 10.6. The van der Waals surface area contributed by atoms with Gasteiger partial charge in [0.05, 0.1) is 132 Å². The van der Waals surface area contributed by atoms with Crippen molar-refractivity contribution in [2.75, 3.05) is 145 Å². The van der Waals surface area contributed by atoms with Crippen LogP contribution in [0, 0.1) is 0 Å². The molecule has 0 N–H and O–H groups in total. The third-order valence-corrected chi connectivity index (χ3v) is 7.37. The second-order valence-corrected chi connectivity index (χ2v) is 11.8. The standard InChI is InChI=1S/C39H70O13/c1-3-4-5-6-7-8-9-10-38-11-13-39(14-12-38)52-36-34-50-32-30-48-28-26-46-24-22-44-20-18-42-16-15-41-17-19-43-21-23-45-25-27-47-29-31-49-33-35-51-37(2)40/h11-14H,3-10,15-36H2,1-2H3. The summed E-state index contributed by atoms with van der Waals surface area (Å²) in [5.74, 6) is 0.573. The van der Waals surface area contributed by atoms with Crippen LogP contribution >= 0.6 is 0 Å². The summed E-state index contributed by atoms with van der Waals surface area (Å²) in [6.45, 7) is 14.3. The van der Waals surface area contributed by atoms with Gasteiger partial charge in [-0.2, -0.15) is 0 Å². The summed E-state index contributed by atoms with van der Waals surface area (Å²) in [6.07, 6.45) is 10.5. The summed E-state index contributed by atoms with van der Waals surface area (Å²) in [5.41, 5.74) is 1.38. The molecule has 13 nitrogen and oxygen atoms in total. The van der Waals surface area contributed by atoms with Crippen LogP contribution in [0.4, 0.5) is 0 Å². The minimum Gasteiger partial charge on any atom is -0.491 e. The topological polar surface area (TPSA) is 128 Å². The molecule has 0 saturated carbocycles. The molecule has 0 saturated heterocycles. The minimum atomic E-state index is -0.310. The minimum absolute atomic E-state index is 0.258. The van der Waals surface area contributed by atoms with Crippen LogP contribution in [0.15, 0.2) is 24.3 Å². The van der Waals surface area contributed by atoms with E-state index in [4.69, 9.17) is 56.8 Å². The van der Waals surface area contributed by atoms with Gasteiger partial charge in [0, 0.05) is 6.92 Å². The molecule has 304 valence electrons. The summed E-state index contributed by atoms with van der Waals surface area (Å²) in [5, 5.41) is 0. The van der Waals surface area contributed by atoms with Crippen molar-refractivity contribution in [2.45, 2.75) is 65.2 Å². The highest BCUT2D eigenvalue weighted by Gasteiger charge is 2.00. The lowest BCUT2D eigenvalue weighted by atomic mass is 10.0. The van der Waals surface area contributed by atoms with Gasteiger partial charge in [-0.3, -0.25) is 4.79 Å². The number of esters is 1. The Kier molecular flexibility index (Phi) is 37.3. The van der Waals surface area contributed by atoms with Crippen LogP contribution in [0.5, 0.6) is 5.75 Å². The molecule has 0 aliphatic rings. The average Bonchev–Trinajstić information content (AvgIpc) is 3.15. The Hall–Kier alpha value is -1.91. The Bertz CT molecular complexity index is 859. The number of hydrogen-bond donors (Lipinski definition) is 0. The number of benzene rings is 1. The Balaban J connectivity index is 1.69. The first kappa shape index (κ1) is 48.1. The van der Waals surface area contributed by atoms with Gasteiger partial charge in [0.1, 0.15) is 19.0 Å². The van der Waals surface area contributed by atoms with Crippen molar-refractivity contribution < 1.29 is 61.6 Å². The molecule has 0 amide bonds. The molecule has 0 aromatic heterocycles. The van der Waals surface area contributed by atoms with Crippen molar-refractivity contribution in [3.63, 3.8) is 0 Å². The van der Waals surface area contributed by atoms with Crippen molar-refractivity contribution in [3.05, 3.63) is 29.8 Å². The van der Waals surface area contributed by atoms with Crippen molar-refractivity contribution in [3.8, 4) is 5.75 Å². The van der Waals surface area contributed by atoms with Crippen molar-refractivity contribution in [1.82, 2.24) is 0 Å². The Morgan fingerprint density at radius 1 is 0.404 bits per heavy atom. The van der Waals surface area contributed by atoms with Crippen LogP contribution in [-0.4, -0.2) is 151 Å². The van der Waals surface area contributed by atoms with Gasteiger partial charge in [-0.15, -0.1) is 0 Å². The number of aryl methyl sites for hydroxylation is 1. The maximum Gasteiger partial charge on any atom is 0.302 e. The zero-order valence-corrected chi connectivity index (χ0v) is 32.3. The van der Waals surface area contributed by atoms with Crippen molar-refractivity contribution in [1.29, 1.82) is 0 Å². The summed E-state index contributed by atoms with van der Waals surface area (Å²) >= 11 is 0. The number of ether oxygens (including phenoxy) is 12. The number of rotatable bonds is 42. The van der Waals surface area contributed by atoms with E-state index in [1.807, 2.05) is 0 Å². The maximum absolute atomic E-state index is 10.6. The average molecular weight is 747 g/mol. The van der Waals surface area contributed by atoms with Gasteiger partial charge < -0.3 is 56.8 Å². The van der Waals surface area contributed by atoms with E-state index < -0.39 is 0 Å². The van der Waals surface area contributed by atoms with Gasteiger partial charge >= 0.3 is 5.97 Å². The molecule has 0 atom stereocenters. The normalized spacial score (nSPS) is 11.3. The fraction of sp³-hybridized carbons (Fsp3) is 0.821. The fourth-order valence-corrected chi connectivity index (χ4v) is 4.58. The van der Waals surface area contributed by atoms with Crippen molar-refractivity contribution >= 4 is 5.97 Å². The van der Waals surface area contributed by atoms with Gasteiger partial charge in [-0.05, 0) is 30.5 Å². The molecule has 1 rings (SSSR count). The molecule has 52 heavy (non-hydrogen) atoms. The molecule has 0 aliphatic carbocycles. The monoisotopic (exact) mass is 746 g/mol. The van der Waals surface area contributed by atoms with E-state index in [2.05, 4.69) is 31.2 Å². The van der Waals surface area contributed by atoms with Gasteiger partial charge in [0.25, 0.3) is 0 Å². The lowest BCUT2D eigenvalue weighted by Gasteiger charge is -2.09. The van der Waals surface area contributed by atoms with E-state index in [9.17, 15) is 4.79 Å². The zero-order chi connectivity index (χ0) is 37.3. The van der Waals surface area contributed by atoms with Gasteiger partial charge in [-0.1, -0.05) is 57.6 Å². The second kappa shape index (κ2) is 40.3. The predicted octanol–water partition coefficient (Wildman–Crippen LogP) is 5.09. The SMILES string of the molecule is CCCCCCCCCc1ccc(OCCOCCOCCOCCOCCOCCOCCOCCOCCOCCOCCOC(C)=O)cc1. The lowest BCUT2D eigenvalue weighted by molar-refractivity contribution is -0.142. The van der Waals surface area contributed by atoms with Gasteiger partial charge in [0.2, 0.25) is 0 Å². The molecule has 0 unspecified atom stereocenters. The van der Waals surface area contributed by atoms with E-state index in [1.54, 1.807) is 0 Å². The van der Waals surface area contributed by atoms with Crippen LogP contribution in [0.1, 0.15) is 64.4 Å². The molecule has 0 heterocycles. The van der Waals surface area contributed by atoms with E-state index in [1.165, 1.54) is 57.4 Å². The molecule has 0 bridgehead atoms. The summed E-state index contributed by atoms with van der Waals surface area (Å²) in [4.78, 5) is 10.6. The lowest BCUT2D eigenvalue weighted by Crippen LogP contribution is -2.15. The Labute approximate surface area is 313 Å². The third kappa shape index (κ3) is 36.4. The molecule has 0 aliphatic heterocycles. The molecule has 1 aromatic rings. The fourth-order valence-electron chi connectivity index (χ4n) is 4.58. The molecular formula is C39H70O13. The Morgan fingerprint density at radius 2 is 0.712 bits per heavy atom. The largest absolute Gasteiger partial charge is 0.491 e. The third-order valence-electron chi connectivity index (χ3n) is 7.37.